The second-order valence-electron chi connectivity index (χ2n) is 2.01. The molecule has 1 rings (SSSR count). The number of carbonyl (C=O) groups is 1. The highest BCUT2D eigenvalue weighted by molar-refractivity contribution is 6.29. The molecule has 0 unspecified atom stereocenters. The van der Waals surface area contributed by atoms with Gasteiger partial charge in [0, 0.05) is 17.7 Å². The molecular formula is C6H8ClNO. The summed E-state index contributed by atoms with van der Waals surface area (Å²) in [5.74, 6) is 0.0608. The molecule has 1 aliphatic rings. The van der Waals surface area contributed by atoms with Crippen LogP contribution in [0.3, 0.4) is 0 Å². The molecule has 2 nitrogen and oxygen atoms in total. The van der Waals surface area contributed by atoms with Crippen molar-refractivity contribution in [1.29, 1.82) is 0 Å². The third kappa shape index (κ3) is 2.06. The van der Waals surface area contributed by atoms with Crippen LogP contribution in [0.25, 0.3) is 0 Å². The lowest BCUT2D eigenvalue weighted by Crippen LogP contribution is -2.14. The number of rotatable bonds is 0. The van der Waals surface area contributed by atoms with E-state index in [1.165, 1.54) is 0 Å². The van der Waals surface area contributed by atoms with Crippen LogP contribution in [0.5, 0.6) is 0 Å². The van der Waals surface area contributed by atoms with E-state index in [2.05, 4.69) is 5.32 Å². The lowest BCUT2D eigenvalue weighted by atomic mass is 10.2. The zero-order valence-electron chi connectivity index (χ0n) is 4.98. The van der Waals surface area contributed by atoms with Crippen LogP contribution in [0.4, 0.5) is 0 Å². The number of halogens is 1. The van der Waals surface area contributed by atoms with Crippen molar-refractivity contribution in [3.63, 3.8) is 0 Å². The molecule has 1 aliphatic heterocycles. The first kappa shape index (κ1) is 6.62. The average molecular weight is 146 g/mol. The van der Waals surface area contributed by atoms with Gasteiger partial charge in [0.2, 0.25) is 5.91 Å². The fourth-order valence-corrected chi connectivity index (χ4v) is 0.909. The average Bonchev–Trinajstić information content (AvgIpc) is 1.97. The molecule has 0 aromatic rings. The minimum atomic E-state index is 0.0608. The van der Waals surface area contributed by atoms with Gasteiger partial charge >= 0.3 is 0 Å². The quantitative estimate of drug-likeness (QED) is 0.548. The molecule has 0 aromatic carbocycles. The lowest BCUT2D eigenvalue weighted by Gasteiger charge is -1.90. The van der Waals surface area contributed by atoms with Crippen LogP contribution in [0, 0.1) is 0 Å². The van der Waals surface area contributed by atoms with E-state index >= 15 is 0 Å². The number of nitrogens with one attached hydrogen (secondary N) is 1. The van der Waals surface area contributed by atoms with E-state index in [0.717, 1.165) is 17.9 Å². The Morgan fingerprint density at radius 2 is 2.33 bits per heavy atom. The first-order valence-corrected chi connectivity index (χ1v) is 3.31. The topological polar surface area (TPSA) is 29.1 Å². The van der Waals surface area contributed by atoms with Gasteiger partial charge < -0.3 is 5.32 Å². The Kier molecular flexibility index (Phi) is 2.11. The minimum absolute atomic E-state index is 0.0608. The minimum Gasteiger partial charge on any atom is -0.332 e. The summed E-state index contributed by atoms with van der Waals surface area (Å²) in [4.78, 5) is 10.6. The van der Waals surface area contributed by atoms with Gasteiger partial charge in [0.25, 0.3) is 0 Å². The summed E-state index contributed by atoms with van der Waals surface area (Å²) in [6.45, 7) is 0. The molecule has 0 aliphatic carbocycles. The summed E-state index contributed by atoms with van der Waals surface area (Å²) < 4.78 is 0. The molecule has 0 fully saturated rings. The Bertz CT molecular complexity index is 153. The maximum absolute atomic E-state index is 10.6. The molecule has 0 saturated carbocycles. The largest absolute Gasteiger partial charge is 0.332 e. The molecule has 50 valence electrons. The fourth-order valence-electron chi connectivity index (χ4n) is 0.721. The second kappa shape index (κ2) is 2.87. The van der Waals surface area contributed by atoms with Gasteiger partial charge in [-0.2, -0.15) is 0 Å². The highest BCUT2D eigenvalue weighted by atomic mass is 35.5. The zero-order valence-corrected chi connectivity index (χ0v) is 5.74. The predicted octanol–water partition coefficient (Wildman–Crippen LogP) is 1.37. The van der Waals surface area contributed by atoms with Crippen molar-refractivity contribution in [1.82, 2.24) is 5.32 Å². The molecule has 0 radical (unpaired) electrons. The van der Waals surface area contributed by atoms with E-state index in [4.69, 9.17) is 11.6 Å². The lowest BCUT2D eigenvalue weighted by molar-refractivity contribution is -0.120. The standard InChI is InChI=1S/C6H8ClNO/c7-5-2-1-3-6(9)8-4-5/h4H,1-3H2,(H,8,9). The Morgan fingerprint density at radius 1 is 1.56 bits per heavy atom. The molecule has 0 spiro atoms. The van der Waals surface area contributed by atoms with Crippen molar-refractivity contribution in [3.8, 4) is 0 Å². The Morgan fingerprint density at radius 3 is 3.11 bits per heavy atom. The van der Waals surface area contributed by atoms with Crippen molar-refractivity contribution in [2.24, 2.45) is 0 Å². The summed E-state index contributed by atoms with van der Waals surface area (Å²) in [7, 11) is 0. The van der Waals surface area contributed by atoms with Crippen LogP contribution in [0.1, 0.15) is 19.3 Å². The van der Waals surface area contributed by atoms with E-state index in [0.29, 0.717) is 6.42 Å². The zero-order chi connectivity index (χ0) is 6.69. The first-order chi connectivity index (χ1) is 4.29. The summed E-state index contributed by atoms with van der Waals surface area (Å²) in [6, 6.07) is 0. The van der Waals surface area contributed by atoms with Gasteiger partial charge in [0.1, 0.15) is 0 Å². The van der Waals surface area contributed by atoms with E-state index in [1.54, 1.807) is 6.20 Å². The summed E-state index contributed by atoms with van der Waals surface area (Å²) in [5, 5.41) is 3.30. The Labute approximate surface area is 58.9 Å². The SMILES string of the molecule is O=C1CCCC(Cl)=CN1. The van der Waals surface area contributed by atoms with E-state index in [9.17, 15) is 4.79 Å². The molecular weight excluding hydrogens is 138 g/mol. The molecule has 9 heavy (non-hydrogen) atoms. The fraction of sp³-hybridized carbons (Fsp3) is 0.500. The number of allylic oxidation sites excluding steroid dienone is 1. The van der Waals surface area contributed by atoms with E-state index in [1.807, 2.05) is 0 Å². The molecule has 0 atom stereocenters. The number of hydrogen-bond donors (Lipinski definition) is 1. The normalized spacial score (nSPS) is 20.1. The van der Waals surface area contributed by atoms with E-state index in [-0.39, 0.29) is 5.91 Å². The van der Waals surface area contributed by atoms with Crippen molar-refractivity contribution < 1.29 is 4.79 Å². The van der Waals surface area contributed by atoms with Crippen LogP contribution in [0.2, 0.25) is 0 Å². The van der Waals surface area contributed by atoms with Gasteiger partial charge in [-0.1, -0.05) is 11.6 Å². The molecule has 0 aromatic heterocycles. The van der Waals surface area contributed by atoms with Gasteiger partial charge in [0.05, 0.1) is 0 Å². The highest BCUT2D eigenvalue weighted by Gasteiger charge is 2.04. The van der Waals surface area contributed by atoms with Gasteiger partial charge in [-0.15, -0.1) is 0 Å². The van der Waals surface area contributed by atoms with Gasteiger partial charge in [-0.25, -0.2) is 0 Å². The van der Waals surface area contributed by atoms with Crippen LogP contribution in [-0.2, 0) is 4.79 Å². The predicted molar refractivity (Wildman–Crippen MR) is 35.9 cm³/mol. The highest BCUT2D eigenvalue weighted by Crippen LogP contribution is 2.12. The first-order valence-electron chi connectivity index (χ1n) is 2.93. The van der Waals surface area contributed by atoms with Crippen LogP contribution < -0.4 is 5.32 Å². The van der Waals surface area contributed by atoms with Crippen LogP contribution in [0.15, 0.2) is 11.2 Å². The smallest absolute Gasteiger partial charge is 0.223 e. The Balaban J connectivity index is 2.52. The molecule has 0 saturated heterocycles. The number of amides is 1. The van der Waals surface area contributed by atoms with E-state index < -0.39 is 0 Å². The maximum Gasteiger partial charge on any atom is 0.223 e. The Hall–Kier alpha value is -0.500. The third-order valence-corrected chi connectivity index (χ3v) is 1.51. The molecule has 1 amide bonds. The van der Waals surface area contributed by atoms with Crippen LogP contribution >= 0.6 is 11.6 Å². The molecule has 1 N–H and O–H groups in total. The molecule has 0 bridgehead atoms. The van der Waals surface area contributed by atoms with Crippen molar-refractivity contribution in [3.05, 3.63) is 11.2 Å². The van der Waals surface area contributed by atoms with Gasteiger partial charge in [0.15, 0.2) is 0 Å². The number of carbonyl (C=O) groups excluding carboxylic acids is 1. The van der Waals surface area contributed by atoms with Crippen molar-refractivity contribution in [2.75, 3.05) is 0 Å². The summed E-state index contributed by atoms with van der Waals surface area (Å²) in [5.41, 5.74) is 0. The number of hydrogen-bond acceptors (Lipinski definition) is 1. The molecule has 1 heterocycles. The van der Waals surface area contributed by atoms with Crippen LogP contribution in [-0.4, -0.2) is 5.91 Å². The van der Waals surface area contributed by atoms with Crippen molar-refractivity contribution >= 4 is 17.5 Å². The third-order valence-electron chi connectivity index (χ3n) is 1.21. The monoisotopic (exact) mass is 145 g/mol. The van der Waals surface area contributed by atoms with Gasteiger partial charge in [-0.3, -0.25) is 4.79 Å². The van der Waals surface area contributed by atoms with Crippen molar-refractivity contribution in [2.45, 2.75) is 19.3 Å². The van der Waals surface area contributed by atoms with Gasteiger partial charge in [-0.05, 0) is 12.8 Å². The summed E-state index contributed by atoms with van der Waals surface area (Å²) >= 11 is 5.63. The second-order valence-corrected chi connectivity index (χ2v) is 2.50. The maximum atomic E-state index is 10.6. The molecule has 3 heteroatoms. The summed E-state index contributed by atoms with van der Waals surface area (Å²) in [6.07, 6.45) is 3.84.